The van der Waals surface area contributed by atoms with Gasteiger partial charge in [0.05, 0.1) is 26.7 Å². The Morgan fingerprint density at radius 3 is 2.41 bits per heavy atom. The summed E-state index contributed by atoms with van der Waals surface area (Å²) in [5.74, 6) is -0.552. The summed E-state index contributed by atoms with van der Waals surface area (Å²) in [6, 6.07) is 16.0. The quantitative estimate of drug-likeness (QED) is 0.637. The number of amides is 1. The molecule has 0 aliphatic heterocycles. The van der Waals surface area contributed by atoms with Gasteiger partial charge in [-0.25, -0.2) is 8.42 Å². The summed E-state index contributed by atoms with van der Waals surface area (Å²) < 4.78 is 27.6. The van der Waals surface area contributed by atoms with E-state index >= 15 is 0 Å². The predicted molar refractivity (Wildman–Crippen MR) is 109 cm³/mol. The van der Waals surface area contributed by atoms with Gasteiger partial charge in [-0.1, -0.05) is 59.6 Å². The standard InChI is InChI=1S/C19H16Cl2N2O3S/c1-12(19(24)22-17-8-4-7-16(20)18(17)21)23-27(25,26)15-10-9-13-5-2-3-6-14(13)11-15/h2-12,23H,1H3,(H,22,24)/t12-/m1/s1. The van der Waals surface area contributed by atoms with Crippen LogP contribution in [0, 0.1) is 0 Å². The van der Waals surface area contributed by atoms with Crippen molar-refractivity contribution < 1.29 is 13.2 Å². The van der Waals surface area contributed by atoms with Crippen LogP contribution in [-0.2, 0) is 14.8 Å². The zero-order valence-corrected chi connectivity index (χ0v) is 16.6. The van der Waals surface area contributed by atoms with Crippen LogP contribution in [0.5, 0.6) is 0 Å². The third kappa shape index (κ3) is 4.42. The van der Waals surface area contributed by atoms with E-state index in [1.165, 1.54) is 13.0 Å². The summed E-state index contributed by atoms with van der Waals surface area (Å²) in [6.45, 7) is 1.45. The van der Waals surface area contributed by atoms with Gasteiger partial charge in [0.2, 0.25) is 15.9 Å². The molecule has 0 aromatic heterocycles. The number of anilines is 1. The van der Waals surface area contributed by atoms with Gasteiger partial charge in [-0.3, -0.25) is 4.79 Å². The number of rotatable bonds is 5. The highest BCUT2D eigenvalue weighted by Gasteiger charge is 2.23. The summed E-state index contributed by atoms with van der Waals surface area (Å²) in [6.07, 6.45) is 0. The van der Waals surface area contributed by atoms with Crippen molar-refractivity contribution in [3.63, 3.8) is 0 Å². The molecule has 27 heavy (non-hydrogen) atoms. The first kappa shape index (κ1) is 19.6. The number of nitrogens with one attached hydrogen (secondary N) is 2. The van der Waals surface area contributed by atoms with Crippen LogP contribution in [-0.4, -0.2) is 20.4 Å². The Bertz CT molecular complexity index is 1120. The van der Waals surface area contributed by atoms with Crippen LogP contribution >= 0.6 is 23.2 Å². The first-order valence-corrected chi connectivity index (χ1v) is 10.3. The summed E-state index contributed by atoms with van der Waals surface area (Å²) >= 11 is 12.0. The minimum absolute atomic E-state index is 0.0848. The maximum absolute atomic E-state index is 12.6. The van der Waals surface area contributed by atoms with Crippen molar-refractivity contribution >= 4 is 55.6 Å². The van der Waals surface area contributed by atoms with E-state index < -0.39 is 22.0 Å². The summed E-state index contributed by atoms with van der Waals surface area (Å²) in [7, 11) is -3.88. The molecule has 0 heterocycles. The molecule has 8 heteroatoms. The van der Waals surface area contributed by atoms with Crippen molar-refractivity contribution in [3.05, 3.63) is 70.7 Å². The zero-order valence-electron chi connectivity index (χ0n) is 14.2. The average Bonchev–Trinajstić information content (AvgIpc) is 2.64. The van der Waals surface area contributed by atoms with Gasteiger partial charge in [-0.15, -0.1) is 0 Å². The van der Waals surface area contributed by atoms with Crippen LogP contribution in [0.2, 0.25) is 10.0 Å². The molecule has 0 bridgehead atoms. The topological polar surface area (TPSA) is 75.3 Å². The largest absolute Gasteiger partial charge is 0.323 e. The Kier molecular flexibility index (Phi) is 5.72. The molecule has 0 spiro atoms. The predicted octanol–water partition coefficient (Wildman–Crippen LogP) is 4.45. The van der Waals surface area contributed by atoms with Crippen molar-refractivity contribution in [1.29, 1.82) is 0 Å². The van der Waals surface area contributed by atoms with Crippen molar-refractivity contribution in [2.45, 2.75) is 17.9 Å². The first-order chi connectivity index (χ1) is 12.8. The molecule has 5 nitrogen and oxygen atoms in total. The third-order valence-electron chi connectivity index (χ3n) is 3.97. The molecular formula is C19H16Cl2N2O3S. The van der Waals surface area contributed by atoms with Crippen molar-refractivity contribution in [2.75, 3.05) is 5.32 Å². The maximum Gasteiger partial charge on any atom is 0.242 e. The molecule has 0 aliphatic carbocycles. The number of carbonyl (C=O) groups is 1. The third-order valence-corrected chi connectivity index (χ3v) is 6.32. The number of benzene rings is 3. The van der Waals surface area contributed by atoms with E-state index in [0.29, 0.717) is 10.7 Å². The summed E-state index contributed by atoms with van der Waals surface area (Å²) in [5.41, 5.74) is 0.311. The highest BCUT2D eigenvalue weighted by atomic mass is 35.5. The molecule has 0 saturated carbocycles. The lowest BCUT2D eigenvalue weighted by Gasteiger charge is -2.15. The zero-order chi connectivity index (χ0) is 19.6. The van der Waals surface area contributed by atoms with E-state index in [4.69, 9.17) is 23.2 Å². The fourth-order valence-corrected chi connectivity index (χ4v) is 4.12. The average molecular weight is 423 g/mol. The van der Waals surface area contributed by atoms with E-state index in [1.807, 2.05) is 24.3 Å². The number of sulfonamides is 1. The number of carbonyl (C=O) groups excluding carboxylic acids is 1. The Hall–Kier alpha value is -2.12. The number of hydrogen-bond acceptors (Lipinski definition) is 3. The van der Waals surface area contributed by atoms with Crippen molar-refractivity contribution in [3.8, 4) is 0 Å². The molecular weight excluding hydrogens is 407 g/mol. The number of fused-ring (bicyclic) bond motifs is 1. The molecule has 0 radical (unpaired) electrons. The molecule has 1 atom stereocenters. The Balaban J connectivity index is 1.77. The second-order valence-electron chi connectivity index (χ2n) is 5.94. The monoisotopic (exact) mass is 422 g/mol. The van der Waals surface area contributed by atoms with Crippen LogP contribution < -0.4 is 10.0 Å². The minimum atomic E-state index is -3.88. The molecule has 3 aromatic carbocycles. The Morgan fingerprint density at radius 1 is 0.963 bits per heavy atom. The molecule has 2 N–H and O–H groups in total. The normalized spacial score (nSPS) is 12.7. The summed E-state index contributed by atoms with van der Waals surface area (Å²) in [5, 5.41) is 4.78. The number of halogens is 2. The van der Waals surface area contributed by atoms with Crippen LogP contribution in [0.15, 0.2) is 65.6 Å². The van der Waals surface area contributed by atoms with Crippen LogP contribution in [0.4, 0.5) is 5.69 Å². The van der Waals surface area contributed by atoms with Crippen LogP contribution in [0.1, 0.15) is 6.92 Å². The van der Waals surface area contributed by atoms with Crippen LogP contribution in [0.3, 0.4) is 0 Å². The molecule has 3 aromatic rings. The SMILES string of the molecule is C[C@@H](NS(=O)(=O)c1ccc2ccccc2c1)C(=O)Nc1cccc(Cl)c1Cl. The molecule has 1 amide bonds. The molecule has 0 unspecified atom stereocenters. The van der Waals surface area contributed by atoms with E-state index in [0.717, 1.165) is 10.8 Å². The van der Waals surface area contributed by atoms with Gasteiger partial charge in [0.15, 0.2) is 0 Å². The highest BCUT2D eigenvalue weighted by molar-refractivity contribution is 7.89. The van der Waals surface area contributed by atoms with E-state index in [1.54, 1.807) is 30.3 Å². The number of hydrogen-bond donors (Lipinski definition) is 2. The smallest absolute Gasteiger partial charge is 0.242 e. The second-order valence-corrected chi connectivity index (χ2v) is 8.44. The lowest BCUT2D eigenvalue weighted by molar-refractivity contribution is -0.117. The van der Waals surface area contributed by atoms with E-state index in [-0.39, 0.29) is 9.92 Å². The molecule has 140 valence electrons. The van der Waals surface area contributed by atoms with Gasteiger partial charge in [0.25, 0.3) is 0 Å². The summed E-state index contributed by atoms with van der Waals surface area (Å²) in [4.78, 5) is 12.4. The fraction of sp³-hybridized carbons (Fsp3) is 0.105. The Morgan fingerprint density at radius 2 is 1.67 bits per heavy atom. The fourth-order valence-electron chi connectivity index (χ4n) is 2.53. The molecule has 3 rings (SSSR count). The lowest BCUT2D eigenvalue weighted by Crippen LogP contribution is -2.41. The van der Waals surface area contributed by atoms with Gasteiger partial charge in [-0.05, 0) is 42.0 Å². The van der Waals surface area contributed by atoms with Crippen molar-refractivity contribution in [1.82, 2.24) is 4.72 Å². The van der Waals surface area contributed by atoms with Gasteiger partial charge in [-0.2, -0.15) is 4.72 Å². The van der Waals surface area contributed by atoms with Gasteiger partial charge in [0.1, 0.15) is 0 Å². The highest BCUT2D eigenvalue weighted by Crippen LogP contribution is 2.29. The second kappa shape index (κ2) is 7.86. The van der Waals surface area contributed by atoms with E-state index in [2.05, 4.69) is 10.0 Å². The van der Waals surface area contributed by atoms with Gasteiger partial charge >= 0.3 is 0 Å². The van der Waals surface area contributed by atoms with Crippen molar-refractivity contribution in [2.24, 2.45) is 0 Å². The maximum atomic E-state index is 12.6. The minimum Gasteiger partial charge on any atom is -0.323 e. The molecule has 0 aliphatic rings. The van der Waals surface area contributed by atoms with E-state index in [9.17, 15) is 13.2 Å². The van der Waals surface area contributed by atoms with Crippen LogP contribution in [0.25, 0.3) is 10.8 Å². The Labute approximate surface area is 167 Å². The molecule has 0 fully saturated rings. The lowest BCUT2D eigenvalue weighted by atomic mass is 10.1. The first-order valence-electron chi connectivity index (χ1n) is 8.04. The van der Waals surface area contributed by atoms with Gasteiger partial charge < -0.3 is 5.32 Å². The molecule has 0 saturated heterocycles. The van der Waals surface area contributed by atoms with Gasteiger partial charge in [0, 0.05) is 0 Å².